The molecule has 0 radical (unpaired) electrons. The van der Waals surface area contributed by atoms with Gasteiger partial charge in [0.05, 0.1) is 40.3 Å². The van der Waals surface area contributed by atoms with Crippen LogP contribution in [0.25, 0.3) is 0 Å². The Bertz CT molecular complexity index is 1760. The third-order valence-corrected chi connectivity index (χ3v) is 13.9. The topological polar surface area (TPSA) is 111 Å². The zero-order chi connectivity index (χ0) is 59.8. The Balaban J connectivity index is 4.14. The van der Waals surface area contributed by atoms with Gasteiger partial charge in [0.1, 0.15) is 13.2 Å². The van der Waals surface area contributed by atoms with Gasteiger partial charge in [-0.05, 0) is 109 Å². The van der Waals surface area contributed by atoms with Crippen molar-refractivity contribution < 1.29 is 42.9 Å². The number of ether oxygens (including phenoxy) is 4. The number of rotatable bonds is 60. The predicted molar refractivity (Wildman–Crippen MR) is 347 cm³/mol. The van der Waals surface area contributed by atoms with Crippen LogP contribution in [-0.2, 0) is 33.3 Å². The van der Waals surface area contributed by atoms with Crippen molar-refractivity contribution in [3.05, 3.63) is 122 Å². The molecular formula is C73H123NO8. The molecule has 0 aromatic rings. The molecule has 0 aromatic carbocycles. The highest BCUT2D eigenvalue weighted by molar-refractivity contribution is 5.70. The van der Waals surface area contributed by atoms with Crippen LogP contribution >= 0.6 is 0 Å². The first-order valence-electron chi connectivity index (χ1n) is 33.2. The van der Waals surface area contributed by atoms with Crippen molar-refractivity contribution in [2.24, 2.45) is 0 Å². The maximum absolute atomic E-state index is 12.9. The number of hydrogen-bond acceptors (Lipinski definition) is 8. The van der Waals surface area contributed by atoms with E-state index >= 15 is 0 Å². The highest BCUT2D eigenvalue weighted by Crippen LogP contribution is 2.16. The third-order valence-electron chi connectivity index (χ3n) is 13.9. The lowest BCUT2D eigenvalue weighted by atomic mass is 10.0. The van der Waals surface area contributed by atoms with Crippen molar-refractivity contribution in [3.63, 3.8) is 0 Å². The number of carbonyl (C=O) groups excluding carboxylic acids is 3. The van der Waals surface area contributed by atoms with E-state index in [0.717, 1.165) is 116 Å². The fourth-order valence-corrected chi connectivity index (χ4v) is 8.88. The number of aliphatic carboxylic acids is 1. The molecule has 0 spiro atoms. The van der Waals surface area contributed by atoms with Crippen molar-refractivity contribution >= 4 is 17.9 Å². The molecule has 0 N–H and O–H groups in total. The van der Waals surface area contributed by atoms with Crippen LogP contribution in [0, 0.1) is 0 Å². The Morgan fingerprint density at radius 1 is 0.378 bits per heavy atom. The fraction of sp³-hybridized carbons (Fsp3) is 0.685. The number of unbranched alkanes of at least 4 members (excludes halogenated alkanes) is 25. The number of esters is 2. The highest BCUT2D eigenvalue weighted by Gasteiger charge is 2.22. The van der Waals surface area contributed by atoms with Crippen molar-refractivity contribution in [3.8, 4) is 0 Å². The summed E-state index contributed by atoms with van der Waals surface area (Å²) >= 11 is 0. The van der Waals surface area contributed by atoms with Gasteiger partial charge in [-0.1, -0.05) is 264 Å². The van der Waals surface area contributed by atoms with Crippen LogP contribution in [0.1, 0.15) is 264 Å². The van der Waals surface area contributed by atoms with Gasteiger partial charge in [-0.3, -0.25) is 9.59 Å². The quantitative estimate of drug-likeness (QED) is 0.0195. The molecule has 0 amide bonds. The Morgan fingerprint density at radius 2 is 0.695 bits per heavy atom. The van der Waals surface area contributed by atoms with Crippen LogP contribution in [0.2, 0.25) is 0 Å². The molecule has 82 heavy (non-hydrogen) atoms. The number of carboxylic acid groups (broad SMARTS) is 1. The third kappa shape index (κ3) is 63.3. The number of carbonyl (C=O) groups is 3. The average Bonchev–Trinajstić information content (AvgIpc) is 3.45. The molecule has 0 aliphatic rings. The summed E-state index contributed by atoms with van der Waals surface area (Å²) < 4.78 is 22.7. The minimum atomic E-state index is -1.63. The molecule has 9 nitrogen and oxygen atoms in total. The Hall–Kier alpha value is -4.31. The summed E-state index contributed by atoms with van der Waals surface area (Å²) in [6.45, 7) is 4.63. The summed E-state index contributed by atoms with van der Waals surface area (Å²) in [7, 11) is 5.92. The van der Waals surface area contributed by atoms with E-state index in [9.17, 15) is 19.5 Å². The standard InChI is InChI=1S/C73H123NO8/c1-6-8-10-12-14-16-18-20-22-24-26-27-28-29-30-31-32-33-34-35-36-37-38-39-40-41-42-43-44-45-46-48-50-52-54-56-58-60-62-64-71(76)82-69(68-81-73(72(77)78)79-66-65-74(3,4)5)67-80-70(75)63-61-59-57-55-53-51-49-47-25-23-21-19-17-15-13-11-9-7-2/h8,10,14,16,20,22-23,25-27,29-30,32-33,35-36,38-39,41-42,69,73H,6-7,9,11-13,15,17-19,21,24,28,31,34,37,40,43-68H2,1-5H3/b10-8-,16-14-,22-20-,25-23-,27-26-,30-29-,33-32-,36-35-,39-38-,42-41-. The van der Waals surface area contributed by atoms with Gasteiger partial charge in [0.2, 0.25) is 0 Å². The lowest BCUT2D eigenvalue weighted by Crippen LogP contribution is -2.44. The first-order valence-corrected chi connectivity index (χ1v) is 33.2. The minimum Gasteiger partial charge on any atom is -0.545 e. The van der Waals surface area contributed by atoms with E-state index in [1.165, 1.54) is 116 Å². The minimum absolute atomic E-state index is 0.142. The van der Waals surface area contributed by atoms with Gasteiger partial charge in [0.25, 0.3) is 0 Å². The number of carboxylic acids is 1. The monoisotopic (exact) mass is 1140 g/mol. The molecular weight excluding hydrogens is 1020 g/mol. The van der Waals surface area contributed by atoms with Crippen LogP contribution in [0.3, 0.4) is 0 Å². The molecule has 2 atom stereocenters. The lowest BCUT2D eigenvalue weighted by Gasteiger charge is -2.26. The molecule has 0 saturated carbocycles. The summed E-state index contributed by atoms with van der Waals surface area (Å²) in [4.78, 5) is 37.4. The maximum Gasteiger partial charge on any atom is 0.306 e. The molecule has 0 fully saturated rings. The molecule has 468 valence electrons. The van der Waals surface area contributed by atoms with Crippen molar-refractivity contribution in [2.75, 3.05) is 47.5 Å². The highest BCUT2D eigenvalue weighted by atomic mass is 16.7. The predicted octanol–water partition coefficient (Wildman–Crippen LogP) is 19.1. The van der Waals surface area contributed by atoms with Gasteiger partial charge in [-0.15, -0.1) is 0 Å². The van der Waals surface area contributed by atoms with Crippen LogP contribution in [-0.4, -0.2) is 82.3 Å². The maximum atomic E-state index is 12.9. The first-order chi connectivity index (χ1) is 40.1. The van der Waals surface area contributed by atoms with E-state index in [2.05, 4.69) is 135 Å². The molecule has 0 heterocycles. The summed E-state index contributed by atoms with van der Waals surface area (Å²) in [5.74, 6) is -2.29. The second-order valence-corrected chi connectivity index (χ2v) is 23.0. The van der Waals surface area contributed by atoms with Crippen LogP contribution < -0.4 is 5.11 Å². The number of quaternary nitrogens is 1. The SMILES string of the molecule is CC/C=C\C/C=C\C/C=C\C/C=C\C/C=C\C/C=C\C/C=C\C/C=C\C/C=C\CCCCCCCCCCCCCC(=O)OC(COC(=O)CCCCCCCCC/C=C\CCCCCCCCC)COC(OCC[N+](C)(C)C)C(=O)[O-]. The van der Waals surface area contributed by atoms with Crippen LogP contribution in [0.15, 0.2) is 122 Å². The van der Waals surface area contributed by atoms with E-state index in [1.54, 1.807) is 0 Å². The molecule has 0 bridgehead atoms. The molecule has 0 rings (SSSR count). The number of nitrogens with zero attached hydrogens (tertiary/aromatic N) is 1. The van der Waals surface area contributed by atoms with Gasteiger partial charge in [-0.25, -0.2) is 0 Å². The largest absolute Gasteiger partial charge is 0.545 e. The Kier molecular flexibility index (Phi) is 59.4. The fourth-order valence-electron chi connectivity index (χ4n) is 8.88. The van der Waals surface area contributed by atoms with Gasteiger partial charge in [0, 0.05) is 12.8 Å². The number of likely N-dealkylation sites (N-methyl/N-ethyl adjacent to an activating group) is 1. The molecule has 0 aliphatic heterocycles. The summed E-state index contributed by atoms with van der Waals surface area (Å²) in [5, 5.41) is 11.8. The van der Waals surface area contributed by atoms with Gasteiger partial charge >= 0.3 is 11.9 Å². The Morgan fingerprint density at radius 3 is 1.05 bits per heavy atom. The van der Waals surface area contributed by atoms with Crippen molar-refractivity contribution in [1.29, 1.82) is 0 Å². The normalized spacial score (nSPS) is 13.5. The van der Waals surface area contributed by atoms with E-state index in [0.29, 0.717) is 17.4 Å². The zero-order valence-electron chi connectivity index (χ0n) is 53.3. The lowest BCUT2D eigenvalue weighted by molar-refractivity contribution is -0.870. The molecule has 0 saturated heterocycles. The van der Waals surface area contributed by atoms with Gasteiger partial charge in [0.15, 0.2) is 12.4 Å². The Labute approximate surface area is 504 Å². The van der Waals surface area contributed by atoms with E-state index in [-0.39, 0.29) is 38.6 Å². The van der Waals surface area contributed by atoms with Crippen molar-refractivity contribution in [2.45, 2.75) is 277 Å². The summed E-state index contributed by atoms with van der Waals surface area (Å²) in [5.41, 5.74) is 0. The average molecular weight is 1140 g/mol. The van der Waals surface area contributed by atoms with Crippen LogP contribution in [0.5, 0.6) is 0 Å². The van der Waals surface area contributed by atoms with Gasteiger partial charge < -0.3 is 33.3 Å². The summed E-state index contributed by atoms with van der Waals surface area (Å²) in [6.07, 6.45) is 85.5. The number of allylic oxidation sites excluding steroid dienone is 20. The van der Waals surface area contributed by atoms with E-state index < -0.39 is 24.3 Å². The zero-order valence-corrected chi connectivity index (χ0v) is 53.3. The van der Waals surface area contributed by atoms with Gasteiger partial charge in [-0.2, -0.15) is 0 Å². The molecule has 0 aromatic heterocycles. The van der Waals surface area contributed by atoms with Crippen LogP contribution in [0.4, 0.5) is 0 Å². The van der Waals surface area contributed by atoms with E-state index in [4.69, 9.17) is 18.9 Å². The molecule has 9 heteroatoms. The smallest absolute Gasteiger partial charge is 0.306 e. The second-order valence-electron chi connectivity index (χ2n) is 23.0. The van der Waals surface area contributed by atoms with Crippen molar-refractivity contribution in [1.82, 2.24) is 0 Å². The second kappa shape index (κ2) is 62.7. The molecule has 2 unspecified atom stereocenters. The molecule has 0 aliphatic carbocycles. The number of hydrogen-bond donors (Lipinski definition) is 0. The first kappa shape index (κ1) is 77.7. The van der Waals surface area contributed by atoms with E-state index in [1.807, 2.05) is 21.1 Å². The summed E-state index contributed by atoms with van der Waals surface area (Å²) in [6, 6.07) is 0.